The Hall–Kier alpha value is 3.11. The zero-order valence-electron chi connectivity index (χ0n) is 9.54. The van der Waals surface area contributed by atoms with Crippen molar-refractivity contribution in [2.75, 3.05) is 14.2 Å². The number of rotatable bonds is 3. The number of methoxy groups -OCH3 is 2. The van der Waals surface area contributed by atoms with Crippen molar-refractivity contribution in [2.45, 2.75) is 4.90 Å². The summed E-state index contributed by atoms with van der Waals surface area (Å²) in [4.78, 5) is 22.0. The molecule has 1 aromatic carbocycles. The van der Waals surface area contributed by atoms with E-state index in [4.69, 9.17) is 4.55 Å². The average molecular weight is 443 g/mol. The van der Waals surface area contributed by atoms with Crippen LogP contribution in [0.25, 0.3) is 0 Å². The number of carbonyl (C=O) groups excluding carboxylic acids is 2. The first-order valence-electron chi connectivity index (χ1n) is 4.59. The van der Waals surface area contributed by atoms with Crippen molar-refractivity contribution in [3.05, 3.63) is 29.3 Å². The third kappa shape index (κ3) is 10.3. The first-order chi connectivity index (χ1) is 8.29. The molecule has 114 valence electrons. The zero-order chi connectivity index (χ0) is 13.9. The molecule has 1 aromatic rings. The van der Waals surface area contributed by atoms with Crippen LogP contribution in [0.3, 0.4) is 0 Å². The summed E-state index contributed by atoms with van der Waals surface area (Å²) in [7, 11) is -2.35. The van der Waals surface area contributed by atoms with E-state index < -0.39 is 27.0 Å². The van der Waals surface area contributed by atoms with Crippen molar-refractivity contribution in [2.24, 2.45) is 0 Å². The predicted octanol–water partition coefficient (Wildman–Crippen LogP) is -3.16. The topological polar surface area (TPSA) is 107 Å². The molecule has 0 aliphatic carbocycles. The molecule has 0 saturated carbocycles. The normalized spacial score (nSPS) is 8.86. The molecule has 1 N–H and O–H groups in total. The predicted molar refractivity (Wildman–Crippen MR) is 93.1 cm³/mol. The van der Waals surface area contributed by atoms with Crippen LogP contribution in [0.15, 0.2) is 23.1 Å². The maximum absolute atomic E-state index is 11.3. The second-order valence-electron chi connectivity index (χ2n) is 3.20. The van der Waals surface area contributed by atoms with Crippen molar-refractivity contribution in [1.82, 2.24) is 0 Å². The monoisotopic (exact) mass is 442 g/mol. The SMILES string of the molecule is COC(=O)c1cc(C(=O)OC)cc(S(=O)(=O)O)c1.[CaH2].[CaH2].[CaH2].[CaH2]. The van der Waals surface area contributed by atoms with Gasteiger partial charge >= 0.3 is 163 Å². The van der Waals surface area contributed by atoms with E-state index in [1.54, 1.807) is 0 Å². The van der Waals surface area contributed by atoms with Crippen LogP contribution in [0.5, 0.6) is 0 Å². The second kappa shape index (κ2) is 15.2. The summed E-state index contributed by atoms with van der Waals surface area (Å²) in [5.41, 5.74) is -0.374. The molecular weight excluding hydrogens is 424 g/mol. The van der Waals surface area contributed by atoms with Crippen LogP contribution in [0.1, 0.15) is 20.7 Å². The molecule has 0 spiro atoms. The fourth-order valence-electron chi connectivity index (χ4n) is 1.22. The third-order valence-corrected chi connectivity index (χ3v) is 2.88. The number of ether oxygens (including phenoxy) is 2. The van der Waals surface area contributed by atoms with E-state index >= 15 is 0 Å². The summed E-state index contributed by atoms with van der Waals surface area (Å²) in [6.45, 7) is 0. The summed E-state index contributed by atoms with van der Waals surface area (Å²) in [5.74, 6) is -1.68. The summed E-state index contributed by atoms with van der Waals surface area (Å²) < 4.78 is 39.7. The first kappa shape index (κ1) is 32.8. The minimum absolute atomic E-state index is 0. The Bertz CT molecular complexity index is 569. The van der Waals surface area contributed by atoms with Gasteiger partial charge in [0.2, 0.25) is 0 Å². The van der Waals surface area contributed by atoms with Crippen LogP contribution < -0.4 is 0 Å². The Morgan fingerprint density at radius 2 is 1.18 bits per heavy atom. The number of benzene rings is 1. The summed E-state index contributed by atoms with van der Waals surface area (Å²) in [5, 5.41) is 0. The summed E-state index contributed by atoms with van der Waals surface area (Å²) in [6, 6.07) is 2.90. The van der Waals surface area contributed by atoms with E-state index in [1.807, 2.05) is 0 Å². The summed E-state index contributed by atoms with van der Waals surface area (Å²) in [6.07, 6.45) is 0. The van der Waals surface area contributed by atoms with E-state index in [0.717, 1.165) is 32.4 Å². The molecule has 0 fully saturated rings. The molecule has 22 heavy (non-hydrogen) atoms. The third-order valence-electron chi connectivity index (χ3n) is 2.05. The van der Waals surface area contributed by atoms with Crippen LogP contribution in [0.4, 0.5) is 0 Å². The van der Waals surface area contributed by atoms with Crippen molar-refractivity contribution < 1.29 is 32.0 Å². The van der Waals surface area contributed by atoms with Crippen molar-refractivity contribution in [3.8, 4) is 0 Å². The maximum atomic E-state index is 11.3. The van der Waals surface area contributed by atoms with Gasteiger partial charge in [0.05, 0.1) is 30.2 Å². The molecule has 12 heteroatoms. The Morgan fingerprint density at radius 3 is 1.41 bits per heavy atom. The standard InChI is InChI=1S/C10H10O7S.4Ca.8H/c1-16-9(11)6-3-7(10(12)17-2)5-8(4-6)18(13,14)15;;;;;;;;;;;;/h3-5H,1-2H3,(H,13,14,15);;;;;;;;;;;;. The molecule has 0 aliphatic heterocycles. The molecule has 1 rings (SSSR count). The molecule has 0 unspecified atom stereocenters. The molecule has 0 saturated heterocycles. The molecule has 0 heterocycles. The van der Waals surface area contributed by atoms with Crippen molar-refractivity contribution in [1.29, 1.82) is 0 Å². The Morgan fingerprint density at radius 1 is 0.864 bits per heavy atom. The van der Waals surface area contributed by atoms with Gasteiger partial charge < -0.3 is 9.47 Å². The van der Waals surface area contributed by atoms with Gasteiger partial charge in [0.25, 0.3) is 10.1 Å². The zero-order valence-corrected chi connectivity index (χ0v) is 10.4. The van der Waals surface area contributed by atoms with Crippen molar-refractivity contribution in [3.63, 3.8) is 0 Å². The van der Waals surface area contributed by atoms with Gasteiger partial charge in [0.1, 0.15) is 0 Å². The molecule has 0 atom stereocenters. The number of hydrogen-bond donors (Lipinski definition) is 1. The Kier molecular flexibility index (Phi) is 22.6. The van der Waals surface area contributed by atoms with Gasteiger partial charge in [-0.25, -0.2) is 9.59 Å². The van der Waals surface area contributed by atoms with Crippen LogP contribution >= 0.6 is 0 Å². The van der Waals surface area contributed by atoms with Crippen molar-refractivity contribution >= 4 is 173 Å². The van der Waals surface area contributed by atoms with Gasteiger partial charge in [-0.1, -0.05) is 0 Å². The molecular formula is C10H18Ca4O7S. The Balaban J connectivity index is -0.000000405. The van der Waals surface area contributed by atoms with E-state index in [-0.39, 0.29) is 162 Å². The van der Waals surface area contributed by atoms with Crippen LogP contribution in [-0.2, 0) is 19.6 Å². The molecule has 7 nitrogen and oxygen atoms in total. The first-order valence-corrected chi connectivity index (χ1v) is 6.03. The number of carbonyl (C=O) groups is 2. The van der Waals surface area contributed by atoms with Crippen LogP contribution in [-0.4, -0.2) is 190 Å². The quantitative estimate of drug-likeness (QED) is 0.299. The van der Waals surface area contributed by atoms with E-state index in [2.05, 4.69) is 9.47 Å². The van der Waals surface area contributed by atoms with Crippen LogP contribution in [0.2, 0.25) is 0 Å². The fourth-order valence-corrected chi connectivity index (χ4v) is 1.77. The van der Waals surface area contributed by atoms with Gasteiger partial charge in [0.15, 0.2) is 0 Å². The number of hydrogen-bond acceptors (Lipinski definition) is 6. The minimum atomic E-state index is -4.55. The molecule has 0 amide bonds. The van der Waals surface area contributed by atoms with Gasteiger partial charge in [-0.05, 0) is 18.2 Å². The molecule has 0 aliphatic rings. The van der Waals surface area contributed by atoms with Crippen LogP contribution in [0, 0.1) is 0 Å². The van der Waals surface area contributed by atoms with Gasteiger partial charge in [0, 0.05) is 0 Å². The average Bonchev–Trinajstić information content (AvgIpc) is 2.35. The van der Waals surface area contributed by atoms with Gasteiger partial charge in [-0.2, -0.15) is 8.42 Å². The molecule has 0 aromatic heterocycles. The van der Waals surface area contributed by atoms with E-state index in [1.165, 1.54) is 0 Å². The van der Waals surface area contributed by atoms with Gasteiger partial charge in [-0.15, -0.1) is 0 Å². The number of esters is 2. The van der Waals surface area contributed by atoms with Gasteiger partial charge in [-0.3, -0.25) is 4.55 Å². The Labute approximate surface area is 248 Å². The molecule has 0 radical (unpaired) electrons. The second-order valence-corrected chi connectivity index (χ2v) is 4.63. The fraction of sp³-hybridized carbons (Fsp3) is 0.200. The molecule has 0 bridgehead atoms. The van der Waals surface area contributed by atoms with E-state index in [0.29, 0.717) is 0 Å². The summed E-state index contributed by atoms with van der Waals surface area (Å²) >= 11 is 0. The van der Waals surface area contributed by atoms with E-state index in [9.17, 15) is 18.0 Å².